The van der Waals surface area contributed by atoms with Crippen molar-refractivity contribution in [2.45, 2.75) is 26.3 Å². The Hall–Kier alpha value is -1.40. The summed E-state index contributed by atoms with van der Waals surface area (Å²) in [4.78, 5) is 17.1. The second kappa shape index (κ2) is 7.04. The number of thiazole rings is 1. The van der Waals surface area contributed by atoms with E-state index in [1.54, 1.807) is 11.0 Å². The van der Waals surface area contributed by atoms with Gasteiger partial charge in [0.1, 0.15) is 6.61 Å². The van der Waals surface area contributed by atoms with Gasteiger partial charge in [-0.1, -0.05) is 32.6 Å². The van der Waals surface area contributed by atoms with Crippen LogP contribution in [0.25, 0.3) is 5.57 Å². The molecule has 1 aliphatic rings. The lowest BCUT2D eigenvalue weighted by Crippen LogP contribution is -2.45. The molecule has 1 aromatic rings. The number of hydrogen-bond acceptors (Lipinski definition) is 4. The maximum atomic E-state index is 12.1. The Bertz CT molecular complexity index is 601. The van der Waals surface area contributed by atoms with Crippen LogP contribution in [-0.4, -0.2) is 35.2 Å². The highest BCUT2D eigenvalue weighted by Crippen LogP contribution is 2.30. The van der Waals surface area contributed by atoms with Crippen molar-refractivity contribution in [3.8, 4) is 0 Å². The van der Waals surface area contributed by atoms with Crippen molar-refractivity contribution < 1.29 is 9.53 Å². The lowest BCUT2D eigenvalue weighted by Gasteiger charge is -2.36. The van der Waals surface area contributed by atoms with E-state index in [0.717, 1.165) is 16.1 Å². The molecule has 0 saturated heterocycles. The molecule has 1 aliphatic heterocycles. The van der Waals surface area contributed by atoms with Gasteiger partial charge in [0.05, 0.1) is 5.69 Å². The molecule has 1 N–H and O–H groups in total. The Labute approximate surface area is 134 Å². The van der Waals surface area contributed by atoms with Crippen LogP contribution in [0.1, 0.15) is 26.0 Å². The average molecular weight is 324 g/mol. The average Bonchev–Trinajstić information content (AvgIpc) is 2.90. The monoisotopic (exact) mass is 324 g/mol. The molecule has 0 bridgehead atoms. The zero-order chi connectivity index (χ0) is 15.4. The zero-order valence-corrected chi connectivity index (χ0v) is 13.9. The van der Waals surface area contributed by atoms with Crippen molar-refractivity contribution in [1.29, 1.82) is 0 Å². The van der Waals surface area contributed by atoms with E-state index in [1.165, 1.54) is 16.9 Å². The topological polar surface area (TPSA) is 45.3 Å². The van der Waals surface area contributed by atoms with Crippen LogP contribution < -0.4 is 0 Å². The van der Waals surface area contributed by atoms with E-state index in [2.05, 4.69) is 31.5 Å². The minimum atomic E-state index is -0.276. The maximum absolute atomic E-state index is 12.1. The first-order valence-corrected chi connectivity index (χ1v) is 8.23. The number of ether oxygens (including phenoxy) is 1. The van der Waals surface area contributed by atoms with E-state index in [9.17, 15) is 4.79 Å². The second-order valence-electron chi connectivity index (χ2n) is 5.32. The predicted molar refractivity (Wildman–Crippen MR) is 89.0 cm³/mol. The van der Waals surface area contributed by atoms with Gasteiger partial charge in [0.25, 0.3) is 0 Å². The summed E-state index contributed by atoms with van der Waals surface area (Å²) >= 11 is 6.67. The molecule has 0 unspecified atom stereocenters. The summed E-state index contributed by atoms with van der Waals surface area (Å²) in [5.74, 6) is 0.353. The smallest absolute Gasteiger partial charge is 0.410 e. The van der Waals surface area contributed by atoms with Crippen LogP contribution in [0, 0.1) is 9.87 Å². The largest absolute Gasteiger partial charge is 0.445 e. The Balaban J connectivity index is 2.18. The summed E-state index contributed by atoms with van der Waals surface area (Å²) in [7, 11) is 0. The van der Waals surface area contributed by atoms with Gasteiger partial charge in [-0.2, -0.15) is 0 Å². The SMILES string of the molecule is C=CCOC(=O)N1CC=C(c2csc(=S)[nH]2)C[C@H]1C(C)C. The number of aromatic amines is 1. The molecule has 0 fully saturated rings. The number of nitrogens with zero attached hydrogens (tertiary/aromatic N) is 1. The Morgan fingerprint density at radius 2 is 2.48 bits per heavy atom. The number of H-pyrrole nitrogens is 1. The molecule has 1 atom stereocenters. The minimum absolute atomic E-state index is 0.129. The molecule has 1 aromatic heterocycles. The van der Waals surface area contributed by atoms with Crippen molar-refractivity contribution in [2.24, 2.45) is 5.92 Å². The zero-order valence-electron chi connectivity index (χ0n) is 12.3. The third kappa shape index (κ3) is 3.83. The van der Waals surface area contributed by atoms with E-state index in [1.807, 2.05) is 5.38 Å². The van der Waals surface area contributed by atoms with Gasteiger partial charge in [0.15, 0.2) is 3.95 Å². The number of rotatable bonds is 4. The van der Waals surface area contributed by atoms with Crippen LogP contribution in [0.15, 0.2) is 24.1 Å². The van der Waals surface area contributed by atoms with Gasteiger partial charge >= 0.3 is 6.09 Å². The van der Waals surface area contributed by atoms with Crippen molar-refractivity contribution >= 4 is 35.2 Å². The van der Waals surface area contributed by atoms with E-state index >= 15 is 0 Å². The molecule has 2 heterocycles. The first-order valence-electron chi connectivity index (χ1n) is 6.94. The van der Waals surface area contributed by atoms with Crippen LogP contribution in [0.3, 0.4) is 0 Å². The standard InChI is InChI=1S/C15H20N2O2S2/c1-4-7-19-15(18)17-6-5-11(8-13(17)10(2)3)12-9-21-14(20)16-12/h4-5,9-10,13H,1,6-8H2,2-3H3,(H,16,20)/t13-/m0/s1. The summed E-state index contributed by atoms with van der Waals surface area (Å²) in [5.41, 5.74) is 2.28. The summed E-state index contributed by atoms with van der Waals surface area (Å²) in [6, 6.07) is 0.129. The van der Waals surface area contributed by atoms with E-state index in [0.29, 0.717) is 12.5 Å². The Morgan fingerprint density at radius 3 is 3.05 bits per heavy atom. The minimum Gasteiger partial charge on any atom is -0.445 e. The summed E-state index contributed by atoms with van der Waals surface area (Å²) in [5, 5.41) is 2.04. The van der Waals surface area contributed by atoms with Crippen LogP contribution >= 0.6 is 23.6 Å². The summed E-state index contributed by atoms with van der Waals surface area (Å²) < 4.78 is 5.95. The van der Waals surface area contributed by atoms with Gasteiger partial charge in [-0.15, -0.1) is 11.3 Å². The number of hydrogen-bond donors (Lipinski definition) is 1. The number of nitrogens with one attached hydrogen (secondary N) is 1. The lowest BCUT2D eigenvalue weighted by atomic mass is 9.91. The normalized spacial score (nSPS) is 18.5. The molecule has 0 spiro atoms. The fourth-order valence-electron chi connectivity index (χ4n) is 2.44. The van der Waals surface area contributed by atoms with Gasteiger partial charge in [-0.3, -0.25) is 0 Å². The highest BCUT2D eigenvalue weighted by Gasteiger charge is 2.31. The second-order valence-corrected chi connectivity index (χ2v) is 6.87. The van der Waals surface area contributed by atoms with Gasteiger partial charge in [-0.25, -0.2) is 4.79 Å². The van der Waals surface area contributed by atoms with Crippen molar-refractivity contribution in [3.05, 3.63) is 33.8 Å². The number of amides is 1. The third-order valence-corrected chi connectivity index (χ3v) is 4.62. The molecule has 0 aliphatic carbocycles. The molecule has 2 rings (SSSR count). The molecular weight excluding hydrogens is 304 g/mol. The first kappa shape index (κ1) is 16.0. The number of carbonyl (C=O) groups excluding carboxylic acids is 1. The molecule has 1 amide bonds. The van der Waals surface area contributed by atoms with Gasteiger partial charge in [0.2, 0.25) is 0 Å². The van der Waals surface area contributed by atoms with Gasteiger partial charge < -0.3 is 14.6 Å². The van der Waals surface area contributed by atoms with Crippen LogP contribution in [-0.2, 0) is 4.74 Å². The Kier molecular flexibility index (Phi) is 5.36. The van der Waals surface area contributed by atoms with Gasteiger partial charge in [0, 0.05) is 18.0 Å². The maximum Gasteiger partial charge on any atom is 0.410 e. The summed E-state index contributed by atoms with van der Waals surface area (Å²) in [6.45, 7) is 8.61. The molecular formula is C15H20N2O2S2. The summed E-state index contributed by atoms with van der Waals surface area (Å²) in [6.07, 6.45) is 4.19. The van der Waals surface area contributed by atoms with Crippen molar-refractivity contribution in [2.75, 3.05) is 13.2 Å². The van der Waals surface area contributed by atoms with E-state index in [-0.39, 0.29) is 18.7 Å². The number of carbonyl (C=O) groups is 1. The fraction of sp³-hybridized carbons (Fsp3) is 0.467. The quantitative estimate of drug-likeness (QED) is 0.665. The van der Waals surface area contributed by atoms with E-state index in [4.69, 9.17) is 17.0 Å². The molecule has 0 saturated carbocycles. The molecule has 114 valence electrons. The fourth-order valence-corrected chi connectivity index (χ4v) is 3.30. The molecule has 6 heteroatoms. The first-order chi connectivity index (χ1) is 10.0. The predicted octanol–water partition coefficient (Wildman–Crippen LogP) is 4.24. The highest BCUT2D eigenvalue weighted by atomic mass is 32.1. The molecule has 21 heavy (non-hydrogen) atoms. The number of aromatic nitrogens is 1. The molecule has 4 nitrogen and oxygen atoms in total. The molecule has 0 radical (unpaired) electrons. The van der Waals surface area contributed by atoms with Gasteiger partial charge in [-0.05, 0) is 30.1 Å². The van der Waals surface area contributed by atoms with Crippen LogP contribution in [0.2, 0.25) is 0 Å². The Morgan fingerprint density at radius 1 is 1.71 bits per heavy atom. The van der Waals surface area contributed by atoms with Crippen LogP contribution in [0.5, 0.6) is 0 Å². The van der Waals surface area contributed by atoms with Crippen molar-refractivity contribution in [3.63, 3.8) is 0 Å². The van der Waals surface area contributed by atoms with Crippen molar-refractivity contribution in [1.82, 2.24) is 9.88 Å². The highest BCUT2D eigenvalue weighted by molar-refractivity contribution is 7.73. The molecule has 0 aromatic carbocycles. The van der Waals surface area contributed by atoms with E-state index < -0.39 is 0 Å². The third-order valence-electron chi connectivity index (χ3n) is 3.56. The van der Waals surface area contributed by atoms with Crippen LogP contribution in [0.4, 0.5) is 4.79 Å². The lowest BCUT2D eigenvalue weighted by molar-refractivity contribution is 0.0881.